The Labute approximate surface area is 219 Å². The lowest BCUT2D eigenvalue weighted by Gasteiger charge is -2.40. The molecule has 0 saturated carbocycles. The van der Waals surface area contributed by atoms with Crippen molar-refractivity contribution < 1.29 is 47.3 Å². The summed E-state index contributed by atoms with van der Waals surface area (Å²) in [5.41, 5.74) is 2.06. The summed E-state index contributed by atoms with van der Waals surface area (Å²) in [6.07, 6.45) is -4.22. The average molecular weight is 532 g/mol. The van der Waals surface area contributed by atoms with E-state index in [1.807, 2.05) is 0 Å². The number of carbonyl (C=O) groups excluding carboxylic acids is 4. The number of esters is 3. The number of halogens is 1. The summed E-state index contributed by atoms with van der Waals surface area (Å²) in [6.45, 7) is 5.14. The SMILES string of the molecule is CC(=O)NCCc1ccc(OC2OC[C@H](OC(C)=O)[C@@H](OC(C)=O)[C@@H]2OC(C)=O)cc1-c1cccc(F)c1. The Morgan fingerprint density at radius 3 is 2.24 bits per heavy atom. The fraction of sp³-hybridized carbons (Fsp3) is 0.407. The molecule has 4 atom stereocenters. The standard InChI is InChI=1S/C27H30FNO9/c1-15(30)29-11-10-19-8-9-22(13-23(19)20-6-5-7-21(28)12-20)38-27-26(37-18(4)33)25(36-17(3)32)24(14-34-27)35-16(2)31/h5-9,12-13,24-27H,10-11,14H2,1-4H3,(H,29,30)/t24-,25+,26-,27?/m0/s1. The van der Waals surface area contributed by atoms with Crippen molar-refractivity contribution in [2.45, 2.75) is 58.7 Å². The summed E-state index contributed by atoms with van der Waals surface area (Å²) in [4.78, 5) is 46.6. The fourth-order valence-electron chi connectivity index (χ4n) is 4.09. The van der Waals surface area contributed by atoms with Crippen molar-refractivity contribution in [3.63, 3.8) is 0 Å². The highest BCUT2D eigenvalue weighted by atomic mass is 19.1. The number of amides is 1. The number of rotatable bonds is 9. The van der Waals surface area contributed by atoms with E-state index >= 15 is 0 Å². The monoisotopic (exact) mass is 531 g/mol. The molecule has 0 bridgehead atoms. The molecule has 0 aromatic heterocycles. The van der Waals surface area contributed by atoms with Gasteiger partial charge in [0.1, 0.15) is 11.6 Å². The quantitative estimate of drug-likeness (QED) is 0.384. The molecule has 0 spiro atoms. The maximum atomic E-state index is 14.0. The molecule has 1 fully saturated rings. The van der Waals surface area contributed by atoms with Crippen LogP contribution < -0.4 is 10.1 Å². The van der Waals surface area contributed by atoms with Crippen LogP contribution in [0.3, 0.4) is 0 Å². The van der Waals surface area contributed by atoms with Crippen LogP contribution in [0.4, 0.5) is 4.39 Å². The minimum absolute atomic E-state index is 0.169. The normalized spacial score (nSPS) is 20.7. The summed E-state index contributed by atoms with van der Waals surface area (Å²) >= 11 is 0. The topological polar surface area (TPSA) is 126 Å². The van der Waals surface area contributed by atoms with E-state index in [9.17, 15) is 23.6 Å². The van der Waals surface area contributed by atoms with Gasteiger partial charge in [0.15, 0.2) is 12.2 Å². The molecule has 3 rings (SSSR count). The first-order chi connectivity index (χ1) is 18.0. The van der Waals surface area contributed by atoms with Crippen LogP contribution >= 0.6 is 0 Å². The molecule has 1 saturated heterocycles. The zero-order chi connectivity index (χ0) is 27.8. The van der Waals surface area contributed by atoms with E-state index in [4.69, 9.17) is 23.7 Å². The average Bonchev–Trinajstić information content (AvgIpc) is 2.82. The van der Waals surface area contributed by atoms with Gasteiger partial charge in [0.05, 0.1) is 6.61 Å². The Bertz CT molecular complexity index is 1180. The fourth-order valence-corrected chi connectivity index (χ4v) is 4.09. The predicted molar refractivity (Wildman–Crippen MR) is 131 cm³/mol. The molecule has 11 heteroatoms. The van der Waals surface area contributed by atoms with Gasteiger partial charge in [0.2, 0.25) is 18.3 Å². The highest BCUT2D eigenvalue weighted by Gasteiger charge is 2.48. The Kier molecular flexibility index (Phi) is 9.78. The third-order valence-electron chi connectivity index (χ3n) is 5.54. The third-order valence-corrected chi connectivity index (χ3v) is 5.54. The minimum Gasteiger partial charge on any atom is -0.461 e. The third kappa shape index (κ3) is 8.01. The number of hydrogen-bond acceptors (Lipinski definition) is 9. The highest BCUT2D eigenvalue weighted by molar-refractivity contribution is 5.73. The minimum atomic E-state index is -1.26. The van der Waals surface area contributed by atoms with Crippen molar-refractivity contribution in [1.82, 2.24) is 5.32 Å². The van der Waals surface area contributed by atoms with Crippen molar-refractivity contribution in [2.24, 2.45) is 0 Å². The summed E-state index contributed by atoms with van der Waals surface area (Å²) in [7, 11) is 0. The van der Waals surface area contributed by atoms with E-state index in [1.54, 1.807) is 30.3 Å². The lowest BCUT2D eigenvalue weighted by Crippen LogP contribution is -2.59. The number of benzene rings is 2. The van der Waals surface area contributed by atoms with Gasteiger partial charge in [-0.3, -0.25) is 19.2 Å². The molecule has 1 aliphatic rings. The Balaban J connectivity index is 1.93. The van der Waals surface area contributed by atoms with Crippen molar-refractivity contribution in [3.8, 4) is 16.9 Å². The largest absolute Gasteiger partial charge is 0.461 e. The summed E-state index contributed by atoms with van der Waals surface area (Å²) in [5, 5.41) is 2.74. The van der Waals surface area contributed by atoms with Crippen LogP contribution in [0.2, 0.25) is 0 Å². The van der Waals surface area contributed by atoms with Crippen LogP contribution in [-0.4, -0.2) is 61.6 Å². The van der Waals surface area contributed by atoms with Gasteiger partial charge in [-0.15, -0.1) is 0 Å². The van der Waals surface area contributed by atoms with Crippen LogP contribution in [0, 0.1) is 5.82 Å². The maximum Gasteiger partial charge on any atom is 0.303 e. The van der Waals surface area contributed by atoms with E-state index in [0.29, 0.717) is 29.8 Å². The van der Waals surface area contributed by atoms with Crippen LogP contribution in [0.1, 0.15) is 33.3 Å². The zero-order valence-corrected chi connectivity index (χ0v) is 21.5. The van der Waals surface area contributed by atoms with E-state index in [1.165, 1.54) is 39.8 Å². The summed E-state index contributed by atoms with van der Waals surface area (Å²) in [5.74, 6) is -2.30. The van der Waals surface area contributed by atoms with Crippen LogP contribution in [-0.2, 0) is 44.5 Å². The van der Waals surface area contributed by atoms with Crippen molar-refractivity contribution in [3.05, 3.63) is 53.8 Å². The zero-order valence-electron chi connectivity index (χ0n) is 21.5. The molecule has 1 amide bonds. The number of ether oxygens (including phenoxy) is 5. The second-order valence-electron chi connectivity index (χ2n) is 8.68. The number of carbonyl (C=O) groups is 4. The van der Waals surface area contributed by atoms with E-state index in [-0.39, 0.29) is 12.5 Å². The number of nitrogens with one attached hydrogen (secondary N) is 1. The van der Waals surface area contributed by atoms with Crippen LogP contribution in [0.15, 0.2) is 42.5 Å². The summed E-state index contributed by atoms with van der Waals surface area (Å²) < 4.78 is 41.7. The van der Waals surface area contributed by atoms with Gasteiger partial charge < -0.3 is 29.0 Å². The molecule has 1 heterocycles. The molecule has 10 nitrogen and oxygen atoms in total. The molecule has 1 N–H and O–H groups in total. The second kappa shape index (κ2) is 13.0. The first-order valence-electron chi connectivity index (χ1n) is 12.0. The van der Waals surface area contributed by atoms with Gasteiger partial charge in [0, 0.05) is 34.2 Å². The molecule has 0 aliphatic carbocycles. The molecule has 0 radical (unpaired) electrons. The Hall–Kier alpha value is -3.99. The molecule has 38 heavy (non-hydrogen) atoms. The molecule has 2 aromatic rings. The van der Waals surface area contributed by atoms with Gasteiger partial charge in [-0.2, -0.15) is 0 Å². The van der Waals surface area contributed by atoms with Gasteiger partial charge in [-0.1, -0.05) is 18.2 Å². The predicted octanol–water partition coefficient (Wildman–Crippen LogP) is 2.70. The molecule has 1 unspecified atom stereocenters. The van der Waals surface area contributed by atoms with Crippen molar-refractivity contribution >= 4 is 23.8 Å². The molecule has 1 aliphatic heterocycles. The van der Waals surface area contributed by atoms with Crippen molar-refractivity contribution in [1.29, 1.82) is 0 Å². The molecule has 2 aromatic carbocycles. The van der Waals surface area contributed by atoms with Crippen LogP contribution in [0.25, 0.3) is 11.1 Å². The highest BCUT2D eigenvalue weighted by Crippen LogP contribution is 2.32. The van der Waals surface area contributed by atoms with Crippen LogP contribution in [0.5, 0.6) is 5.75 Å². The van der Waals surface area contributed by atoms with Gasteiger partial charge >= 0.3 is 17.9 Å². The first-order valence-corrected chi connectivity index (χ1v) is 12.0. The maximum absolute atomic E-state index is 14.0. The van der Waals surface area contributed by atoms with Gasteiger partial charge in [0.25, 0.3) is 0 Å². The van der Waals surface area contributed by atoms with E-state index in [0.717, 1.165) is 5.56 Å². The van der Waals surface area contributed by atoms with E-state index in [2.05, 4.69) is 5.32 Å². The van der Waals surface area contributed by atoms with Gasteiger partial charge in [-0.25, -0.2) is 4.39 Å². The van der Waals surface area contributed by atoms with Crippen molar-refractivity contribution in [2.75, 3.05) is 13.2 Å². The Morgan fingerprint density at radius 1 is 0.921 bits per heavy atom. The molecule has 204 valence electrons. The molecular weight excluding hydrogens is 501 g/mol. The van der Waals surface area contributed by atoms with E-state index < -0.39 is 48.3 Å². The Morgan fingerprint density at radius 2 is 1.61 bits per heavy atom. The lowest BCUT2D eigenvalue weighted by molar-refractivity contribution is -0.259. The smallest absolute Gasteiger partial charge is 0.303 e. The lowest BCUT2D eigenvalue weighted by atomic mass is 9.97. The first kappa shape index (κ1) is 28.6. The number of hydrogen-bond donors (Lipinski definition) is 1. The second-order valence-corrected chi connectivity index (χ2v) is 8.68. The summed E-state index contributed by atoms with van der Waals surface area (Å²) in [6, 6.07) is 11.1. The van der Waals surface area contributed by atoms with Gasteiger partial charge in [-0.05, 0) is 47.4 Å². The molecular formula is C27H30FNO9.